The predicted molar refractivity (Wildman–Crippen MR) is 144 cm³/mol. The Morgan fingerprint density at radius 2 is 1.87 bits per heavy atom. The Morgan fingerprint density at radius 3 is 2.54 bits per heavy atom. The molecule has 3 N–H and O–H groups in total. The molecule has 0 bridgehead atoms. The zero-order valence-electron chi connectivity index (χ0n) is 22.1. The highest BCUT2D eigenvalue weighted by Gasteiger charge is 2.35. The molecule has 0 aliphatic carbocycles. The quantitative estimate of drug-likeness (QED) is 0.433. The van der Waals surface area contributed by atoms with Crippen LogP contribution in [0.4, 0.5) is 41.1 Å². The van der Waals surface area contributed by atoms with Crippen molar-refractivity contribution in [2.45, 2.75) is 40.0 Å². The molecule has 0 atom stereocenters. The third-order valence-corrected chi connectivity index (χ3v) is 6.75. The number of halogens is 3. The van der Waals surface area contributed by atoms with Gasteiger partial charge in [-0.05, 0) is 55.4 Å². The average Bonchev–Trinajstić information content (AvgIpc) is 2.90. The molecule has 4 rings (SSSR count). The zero-order chi connectivity index (χ0) is 28.5. The fraction of sp³-hybridized carbons (Fsp3) is 0.333. The number of nitrogens with one attached hydrogen (secondary N) is 1. The number of rotatable bonds is 7. The van der Waals surface area contributed by atoms with Gasteiger partial charge in [0, 0.05) is 36.6 Å². The Balaban J connectivity index is 1.61. The van der Waals surface area contributed by atoms with Gasteiger partial charge in [0.1, 0.15) is 5.82 Å². The zero-order valence-corrected chi connectivity index (χ0v) is 22.1. The Labute approximate surface area is 224 Å². The van der Waals surface area contributed by atoms with Gasteiger partial charge in [-0.2, -0.15) is 18.2 Å². The van der Waals surface area contributed by atoms with Crippen LogP contribution in [0.25, 0.3) is 0 Å². The second-order valence-electron chi connectivity index (χ2n) is 9.29. The van der Waals surface area contributed by atoms with Crippen LogP contribution in [0.15, 0.2) is 42.6 Å². The molecule has 2 aromatic carbocycles. The topological polar surface area (TPSA) is 108 Å². The minimum Gasteiger partial charge on any atom is -0.368 e. The number of anilines is 4. The molecule has 0 spiro atoms. The summed E-state index contributed by atoms with van der Waals surface area (Å²) in [6.45, 7) is 7.09. The summed E-state index contributed by atoms with van der Waals surface area (Å²) in [7, 11) is 1.57. The van der Waals surface area contributed by atoms with E-state index < -0.39 is 17.6 Å². The van der Waals surface area contributed by atoms with Gasteiger partial charge in [-0.25, -0.2) is 9.78 Å². The molecule has 0 radical (unpaired) electrons. The van der Waals surface area contributed by atoms with E-state index >= 15 is 0 Å². The molecule has 206 valence electrons. The van der Waals surface area contributed by atoms with Crippen LogP contribution in [0.5, 0.6) is 0 Å². The number of aromatic nitrogens is 2. The van der Waals surface area contributed by atoms with Gasteiger partial charge in [0.25, 0.3) is 5.91 Å². The van der Waals surface area contributed by atoms with Gasteiger partial charge < -0.3 is 11.1 Å². The number of alkyl halides is 3. The number of nitrogens with zero attached hydrogens (tertiary/aromatic N) is 5. The van der Waals surface area contributed by atoms with Gasteiger partial charge >= 0.3 is 12.2 Å². The van der Waals surface area contributed by atoms with Crippen molar-refractivity contribution < 1.29 is 22.8 Å². The number of fused-ring (bicyclic) bond motifs is 1. The number of benzene rings is 2. The molecule has 0 fully saturated rings. The first-order valence-corrected chi connectivity index (χ1v) is 12.4. The van der Waals surface area contributed by atoms with Crippen LogP contribution in [-0.4, -0.2) is 46.9 Å². The van der Waals surface area contributed by atoms with E-state index in [1.165, 1.54) is 21.9 Å². The number of urea groups is 1. The van der Waals surface area contributed by atoms with E-state index in [0.717, 1.165) is 11.6 Å². The fourth-order valence-electron chi connectivity index (χ4n) is 4.50. The maximum atomic E-state index is 13.9. The van der Waals surface area contributed by atoms with E-state index in [2.05, 4.69) is 15.3 Å². The largest absolute Gasteiger partial charge is 0.416 e. The number of hydrogen-bond donors (Lipinski definition) is 2. The standard InChI is InChI=1S/C27H30F3N7O2/c1-5-36(6-2)14-18-9-8-17(11-21(18)27(28,29)30)24(38)33-20-10-7-16(3)22(12-20)37-15-19-13-32-25(31)34-23(19)35(4)26(37)39/h7-13H,5-6,14-15H2,1-4H3,(H,33,38)(H2,31,32,34). The Kier molecular flexibility index (Phi) is 7.77. The van der Waals surface area contributed by atoms with Crippen LogP contribution < -0.4 is 20.9 Å². The van der Waals surface area contributed by atoms with Crippen LogP contribution in [0.3, 0.4) is 0 Å². The number of carbonyl (C=O) groups is 2. The number of amides is 3. The van der Waals surface area contributed by atoms with Gasteiger partial charge in [0.2, 0.25) is 5.95 Å². The van der Waals surface area contributed by atoms with Crippen LogP contribution in [-0.2, 0) is 19.3 Å². The molecule has 0 saturated heterocycles. The maximum Gasteiger partial charge on any atom is 0.416 e. The van der Waals surface area contributed by atoms with Crippen LogP contribution in [0.1, 0.15) is 46.5 Å². The summed E-state index contributed by atoms with van der Waals surface area (Å²) < 4.78 is 41.6. The van der Waals surface area contributed by atoms with Crippen molar-refractivity contribution in [1.29, 1.82) is 0 Å². The number of carbonyl (C=O) groups excluding carboxylic acids is 2. The van der Waals surface area contributed by atoms with Crippen molar-refractivity contribution in [3.8, 4) is 0 Å². The number of nitrogens with two attached hydrogens (primary N) is 1. The molecule has 2 heterocycles. The third-order valence-electron chi connectivity index (χ3n) is 6.75. The molecule has 1 aliphatic heterocycles. The molecule has 0 unspecified atom stereocenters. The van der Waals surface area contributed by atoms with Crippen LogP contribution in [0, 0.1) is 6.92 Å². The molecule has 3 aromatic rings. The van der Waals surface area contributed by atoms with Gasteiger partial charge in [-0.1, -0.05) is 26.0 Å². The smallest absolute Gasteiger partial charge is 0.368 e. The van der Waals surface area contributed by atoms with Crippen LogP contribution >= 0.6 is 0 Å². The molecule has 9 nitrogen and oxygen atoms in total. The summed E-state index contributed by atoms with van der Waals surface area (Å²) in [5.41, 5.74) is 7.12. The predicted octanol–water partition coefficient (Wildman–Crippen LogP) is 5.06. The van der Waals surface area contributed by atoms with E-state index in [9.17, 15) is 22.8 Å². The highest BCUT2D eigenvalue weighted by Crippen LogP contribution is 2.35. The van der Waals surface area contributed by atoms with E-state index in [1.54, 1.807) is 31.4 Å². The van der Waals surface area contributed by atoms with Gasteiger partial charge in [0.05, 0.1) is 17.8 Å². The van der Waals surface area contributed by atoms with Gasteiger partial charge in [-0.3, -0.25) is 19.5 Å². The minimum absolute atomic E-state index is 0.0532. The third kappa shape index (κ3) is 5.80. The van der Waals surface area contributed by atoms with E-state index in [4.69, 9.17) is 5.73 Å². The monoisotopic (exact) mass is 541 g/mol. The lowest BCUT2D eigenvalue weighted by Crippen LogP contribution is -2.46. The molecule has 1 aliphatic rings. The highest BCUT2D eigenvalue weighted by molar-refractivity contribution is 6.07. The van der Waals surface area contributed by atoms with Crippen LogP contribution in [0.2, 0.25) is 0 Å². The summed E-state index contributed by atoms with van der Waals surface area (Å²) in [4.78, 5) is 39.1. The Hall–Kier alpha value is -4.19. The molecule has 12 heteroatoms. The van der Waals surface area contributed by atoms with Crippen molar-refractivity contribution in [1.82, 2.24) is 14.9 Å². The van der Waals surface area contributed by atoms with E-state index in [1.807, 2.05) is 25.7 Å². The fourth-order valence-corrected chi connectivity index (χ4v) is 4.50. The summed E-state index contributed by atoms with van der Waals surface area (Å²) in [6.07, 6.45) is -3.06. The van der Waals surface area contributed by atoms with Crippen molar-refractivity contribution >= 4 is 35.1 Å². The van der Waals surface area contributed by atoms with Crippen molar-refractivity contribution in [2.75, 3.05) is 41.0 Å². The number of nitrogen functional groups attached to an aromatic ring is 1. The molecule has 0 saturated carbocycles. The summed E-state index contributed by atoms with van der Waals surface area (Å²) in [5, 5.41) is 2.67. The van der Waals surface area contributed by atoms with Gasteiger partial charge in [0.15, 0.2) is 0 Å². The molecule has 39 heavy (non-hydrogen) atoms. The molecule has 1 aromatic heterocycles. The average molecular weight is 542 g/mol. The summed E-state index contributed by atoms with van der Waals surface area (Å²) in [6, 6.07) is 8.24. The van der Waals surface area contributed by atoms with E-state index in [0.29, 0.717) is 35.8 Å². The van der Waals surface area contributed by atoms with E-state index in [-0.39, 0.29) is 36.2 Å². The molecular weight excluding hydrogens is 511 g/mol. The summed E-state index contributed by atoms with van der Waals surface area (Å²) >= 11 is 0. The van der Waals surface area contributed by atoms with Crippen molar-refractivity contribution in [2.24, 2.45) is 0 Å². The molecular formula is C27H30F3N7O2. The number of aryl methyl sites for hydroxylation is 1. The summed E-state index contributed by atoms with van der Waals surface area (Å²) in [5.74, 6) is -0.228. The Morgan fingerprint density at radius 1 is 1.15 bits per heavy atom. The first-order valence-electron chi connectivity index (χ1n) is 12.4. The van der Waals surface area contributed by atoms with Gasteiger partial charge in [-0.15, -0.1) is 0 Å². The lowest BCUT2D eigenvalue weighted by Gasteiger charge is -2.34. The van der Waals surface area contributed by atoms with Crippen molar-refractivity contribution in [3.63, 3.8) is 0 Å². The maximum absolute atomic E-state index is 13.9. The second-order valence-corrected chi connectivity index (χ2v) is 9.29. The lowest BCUT2D eigenvalue weighted by atomic mass is 10.0. The highest BCUT2D eigenvalue weighted by atomic mass is 19.4. The number of hydrogen-bond acceptors (Lipinski definition) is 6. The minimum atomic E-state index is -4.61. The first-order chi connectivity index (χ1) is 18.4. The SMILES string of the molecule is CCN(CC)Cc1ccc(C(=O)Nc2ccc(C)c(N3Cc4cnc(N)nc4N(C)C3=O)c2)cc1C(F)(F)F. The lowest BCUT2D eigenvalue weighted by molar-refractivity contribution is -0.138. The van der Waals surface area contributed by atoms with Crippen molar-refractivity contribution in [3.05, 3.63) is 70.4 Å². The second kappa shape index (κ2) is 10.9. The first kappa shape index (κ1) is 27.8. The molecule has 3 amide bonds. The normalized spacial score (nSPS) is 13.6. The Bertz CT molecular complexity index is 1410.